The van der Waals surface area contributed by atoms with E-state index < -0.39 is 52.7 Å². The van der Waals surface area contributed by atoms with Crippen molar-refractivity contribution in [2.24, 2.45) is 0 Å². The van der Waals surface area contributed by atoms with Crippen LogP contribution in [0, 0.1) is 0 Å². The van der Waals surface area contributed by atoms with Crippen molar-refractivity contribution >= 4 is 30.7 Å². The molecule has 1 aliphatic heterocycles. The van der Waals surface area contributed by atoms with E-state index in [2.05, 4.69) is 4.98 Å². The summed E-state index contributed by atoms with van der Waals surface area (Å²) in [5.74, 6) is -1.03. The van der Waals surface area contributed by atoms with Crippen LogP contribution in [0.4, 0.5) is 39.5 Å². The lowest BCUT2D eigenvalue weighted by Crippen LogP contribution is -2.55. The smallest absolute Gasteiger partial charge is 0.333 e. The molecule has 0 spiro atoms. The molecule has 2 heterocycles. The maximum Gasteiger partial charge on any atom is 0.416 e. The molecule has 1 fully saturated rings. The van der Waals surface area contributed by atoms with Crippen LogP contribution in [0.15, 0.2) is 67.0 Å². The first-order chi connectivity index (χ1) is 18.6. The average molecular weight is 648 g/mol. The summed E-state index contributed by atoms with van der Waals surface area (Å²) in [6, 6.07) is 7.72. The molecule has 42 heavy (non-hydrogen) atoms. The van der Waals surface area contributed by atoms with Crippen LogP contribution in [0.2, 0.25) is 0 Å². The number of aromatic nitrogens is 1. The predicted octanol–water partition coefficient (Wildman–Crippen LogP) is 7.55. The summed E-state index contributed by atoms with van der Waals surface area (Å²) < 4.78 is 119. The Balaban J connectivity index is 0.00000308. The summed E-state index contributed by atoms with van der Waals surface area (Å²) in [4.78, 5) is 20.6. The molecule has 3 aromatic rings. The summed E-state index contributed by atoms with van der Waals surface area (Å²) in [6.07, 6.45) is -11.6. The highest BCUT2D eigenvalue weighted by Gasteiger charge is 2.39. The minimum absolute atomic E-state index is 0. The molecule has 1 saturated heterocycles. The quantitative estimate of drug-likeness (QED) is 0.268. The van der Waals surface area contributed by atoms with E-state index in [1.165, 1.54) is 17.0 Å². The molecule has 2 aromatic carbocycles. The van der Waals surface area contributed by atoms with Gasteiger partial charge >= 0.3 is 18.5 Å². The molecular formula is C27H24Cl2F9N3O. The van der Waals surface area contributed by atoms with Gasteiger partial charge in [0.1, 0.15) is 0 Å². The molecule has 1 aromatic heterocycles. The predicted molar refractivity (Wildman–Crippen MR) is 140 cm³/mol. The number of nitrogens with zero attached hydrogens (tertiary/aromatic N) is 3. The molecular weight excluding hydrogens is 624 g/mol. The lowest BCUT2D eigenvalue weighted by Gasteiger charge is -2.42. The van der Waals surface area contributed by atoms with Gasteiger partial charge in [0.25, 0.3) is 5.91 Å². The van der Waals surface area contributed by atoms with E-state index in [1.54, 1.807) is 18.5 Å². The highest BCUT2D eigenvalue weighted by molar-refractivity contribution is 5.95. The number of benzene rings is 2. The number of hydrogen-bond donors (Lipinski definition) is 0. The Morgan fingerprint density at radius 1 is 0.762 bits per heavy atom. The van der Waals surface area contributed by atoms with E-state index >= 15 is 0 Å². The number of pyridine rings is 1. The zero-order valence-electron chi connectivity index (χ0n) is 21.4. The van der Waals surface area contributed by atoms with Crippen molar-refractivity contribution in [3.05, 3.63) is 100 Å². The minimum Gasteiger partial charge on any atom is -0.333 e. The molecule has 4 rings (SSSR count). The van der Waals surface area contributed by atoms with E-state index in [0.717, 1.165) is 17.7 Å². The Morgan fingerprint density at radius 2 is 1.33 bits per heavy atom. The molecule has 4 nitrogen and oxygen atoms in total. The molecule has 0 radical (unpaired) electrons. The summed E-state index contributed by atoms with van der Waals surface area (Å²) in [5, 5.41) is 0. The normalized spacial score (nSPS) is 16.4. The molecule has 1 amide bonds. The lowest BCUT2D eigenvalue weighted by molar-refractivity contribution is -0.143. The molecule has 230 valence electrons. The van der Waals surface area contributed by atoms with Crippen molar-refractivity contribution in [1.82, 2.24) is 14.8 Å². The lowest BCUT2D eigenvalue weighted by atomic mass is 9.98. The van der Waals surface area contributed by atoms with Gasteiger partial charge in [0.05, 0.1) is 16.7 Å². The van der Waals surface area contributed by atoms with Gasteiger partial charge in [-0.1, -0.05) is 18.2 Å². The Labute approximate surface area is 247 Å². The van der Waals surface area contributed by atoms with Crippen molar-refractivity contribution in [3.63, 3.8) is 0 Å². The van der Waals surface area contributed by atoms with Crippen molar-refractivity contribution in [2.45, 2.75) is 37.5 Å². The van der Waals surface area contributed by atoms with Crippen molar-refractivity contribution < 1.29 is 44.3 Å². The standard InChI is InChI=1S/C27H22F9N3O.2ClH/c28-25(29,30)20-5-3-17(4-6-20)10-23-16-38(15-18-2-1-7-37-14-18)8-9-39(23)24(40)19-11-21(26(31,32)33)13-22(12-19)27(34,35)36;;/h1-7,11-14,23H,8-10,15-16H2;2*1H/t23-;;/m1../s1. The molecule has 0 N–H and O–H groups in total. The molecule has 1 aliphatic rings. The van der Waals surface area contributed by atoms with Crippen LogP contribution in [0.3, 0.4) is 0 Å². The van der Waals surface area contributed by atoms with Gasteiger partial charge in [-0.15, -0.1) is 24.8 Å². The van der Waals surface area contributed by atoms with E-state index in [1.807, 2.05) is 11.0 Å². The van der Waals surface area contributed by atoms with Gasteiger partial charge in [-0.2, -0.15) is 39.5 Å². The van der Waals surface area contributed by atoms with Crippen LogP contribution >= 0.6 is 24.8 Å². The van der Waals surface area contributed by atoms with Crippen LogP contribution in [0.5, 0.6) is 0 Å². The molecule has 15 heteroatoms. The number of hydrogen-bond acceptors (Lipinski definition) is 3. The highest BCUT2D eigenvalue weighted by Crippen LogP contribution is 2.37. The minimum atomic E-state index is -5.13. The number of piperazine rings is 1. The maximum absolute atomic E-state index is 13.4. The summed E-state index contributed by atoms with van der Waals surface area (Å²) in [6.45, 7) is 0.811. The zero-order chi connectivity index (χ0) is 29.3. The number of carbonyl (C=O) groups excluding carboxylic acids is 1. The second-order valence-corrected chi connectivity index (χ2v) is 9.44. The Kier molecular flexibility index (Phi) is 11.3. The van der Waals surface area contributed by atoms with Crippen molar-refractivity contribution in [1.29, 1.82) is 0 Å². The van der Waals surface area contributed by atoms with Crippen LogP contribution in [0.1, 0.15) is 38.2 Å². The van der Waals surface area contributed by atoms with Crippen LogP contribution in [-0.4, -0.2) is 46.4 Å². The van der Waals surface area contributed by atoms with Gasteiger partial charge < -0.3 is 4.90 Å². The molecule has 0 aliphatic carbocycles. The largest absolute Gasteiger partial charge is 0.416 e. The number of halogens is 11. The SMILES string of the molecule is Cl.Cl.O=C(c1cc(C(F)(F)F)cc(C(F)(F)F)c1)N1CCN(Cc2cccnc2)C[C@H]1Cc1ccc(C(F)(F)F)cc1. The van der Waals surface area contributed by atoms with Crippen molar-refractivity contribution in [3.8, 4) is 0 Å². The first kappa shape index (κ1) is 35.2. The van der Waals surface area contributed by atoms with Gasteiger partial charge in [-0.3, -0.25) is 14.7 Å². The van der Waals surface area contributed by atoms with E-state index in [-0.39, 0.29) is 56.9 Å². The second kappa shape index (κ2) is 13.5. The fourth-order valence-corrected chi connectivity index (χ4v) is 4.60. The third-order valence-electron chi connectivity index (χ3n) is 6.54. The van der Waals surface area contributed by atoms with Gasteiger partial charge in [0, 0.05) is 50.2 Å². The number of carbonyl (C=O) groups is 1. The average Bonchev–Trinajstić information content (AvgIpc) is 2.88. The van der Waals surface area contributed by atoms with E-state index in [9.17, 15) is 44.3 Å². The maximum atomic E-state index is 13.4. The summed E-state index contributed by atoms with van der Waals surface area (Å²) in [7, 11) is 0. The zero-order valence-corrected chi connectivity index (χ0v) is 23.1. The van der Waals surface area contributed by atoms with Gasteiger partial charge in [-0.05, 0) is 53.9 Å². The first-order valence-corrected chi connectivity index (χ1v) is 12.0. The molecule has 1 atom stereocenters. The monoisotopic (exact) mass is 647 g/mol. The number of rotatable bonds is 5. The van der Waals surface area contributed by atoms with Crippen LogP contribution in [-0.2, 0) is 31.5 Å². The molecule has 0 saturated carbocycles. The molecule has 0 bridgehead atoms. The van der Waals surface area contributed by atoms with Gasteiger partial charge in [-0.25, -0.2) is 0 Å². The van der Waals surface area contributed by atoms with Crippen LogP contribution < -0.4 is 0 Å². The number of amides is 1. The Morgan fingerprint density at radius 3 is 1.83 bits per heavy atom. The van der Waals surface area contributed by atoms with E-state index in [4.69, 9.17) is 0 Å². The van der Waals surface area contributed by atoms with Crippen molar-refractivity contribution in [2.75, 3.05) is 19.6 Å². The fraction of sp³-hybridized carbons (Fsp3) is 0.333. The fourth-order valence-electron chi connectivity index (χ4n) is 4.60. The first-order valence-electron chi connectivity index (χ1n) is 12.0. The highest BCUT2D eigenvalue weighted by atomic mass is 35.5. The van der Waals surface area contributed by atoms with Gasteiger partial charge in [0.2, 0.25) is 0 Å². The Hall–Kier alpha value is -3.03. The second-order valence-electron chi connectivity index (χ2n) is 9.44. The topological polar surface area (TPSA) is 36.4 Å². The van der Waals surface area contributed by atoms with Gasteiger partial charge in [0.15, 0.2) is 0 Å². The summed E-state index contributed by atoms with van der Waals surface area (Å²) >= 11 is 0. The number of alkyl halides is 9. The summed E-state index contributed by atoms with van der Waals surface area (Å²) in [5.41, 5.74) is -3.63. The van der Waals surface area contributed by atoms with E-state index in [0.29, 0.717) is 24.2 Å². The third kappa shape index (κ3) is 8.74. The third-order valence-corrected chi connectivity index (χ3v) is 6.54. The Bertz CT molecular complexity index is 1300. The van der Waals surface area contributed by atoms with Crippen LogP contribution in [0.25, 0.3) is 0 Å². The molecule has 0 unspecified atom stereocenters.